The molecule has 1 heterocycles. The maximum atomic E-state index is 13.8. The first-order chi connectivity index (χ1) is 20.6. The molecular formula is C34H47FN6OS. The topological polar surface area (TPSA) is 95.1 Å². The Hall–Kier alpha value is -3.63. The van der Waals surface area contributed by atoms with Crippen molar-refractivity contribution in [3.05, 3.63) is 102 Å². The molecule has 1 aliphatic rings. The standard InChI is InChI=1S/C33H42FN5OS.CH5N/c1-7-8-11-28(25(2)3)23-36-22-27-10-9-20-39(24-27)41(6,40)31-15-12-29(13-16-31)37-19-18-33(35-5)38-30-14-17-32(34)26(4)21-30;1-2/h7-8,11-19,21,27,36,38H,1,5-6,9-10,20,22-24H2,2-4H3;2H2,1H3/b11-8-,33-18+,37-19?;. The molecule has 4 N–H and O–H groups in total. The second kappa shape index (κ2) is 18.1. The van der Waals surface area contributed by atoms with Crippen molar-refractivity contribution >= 4 is 39.9 Å². The number of nitrogens with zero attached hydrogens (tertiary/aromatic N) is 3. The van der Waals surface area contributed by atoms with E-state index in [4.69, 9.17) is 0 Å². The van der Waals surface area contributed by atoms with E-state index < -0.39 is 9.71 Å². The highest BCUT2D eigenvalue weighted by Crippen LogP contribution is 2.25. The van der Waals surface area contributed by atoms with E-state index in [2.05, 4.69) is 65.4 Å². The summed E-state index contributed by atoms with van der Waals surface area (Å²) in [7, 11) is -1.11. The van der Waals surface area contributed by atoms with Crippen LogP contribution in [-0.2, 0) is 9.71 Å². The Bertz CT molecular complexity index is 1440. The number of rotatable bonds is 13. The van der Waals surface area contributed by atoms with Gasteiger partial charge in [-0.2, -0.15) is 0 Å². The lowest BCUT2D eigenvalue weighted by Crippen LogP contribution is -2.42. The average Bonchev–Trinajstić information content (AvgIpc) is 3.01. The molecule has 0 bridgehead atoms. The number of nitrogens with one attached hydrogen (secondary N) is 2. The van der Waals surface area contributed by atoms with Crippen LogP contribution in [0.15, 0.2) is 105 Å². The number of hydrogen-bond acceptors (Lipinski definition) is 6. The third-order valence-electron chi connectivity index (χ3n) is 6.98. The van der Waals surface area contributed by atoms with E-state index in [0.717, 1.165) is 39.0 Å². The lowest BCUT2D eigenvalue weighted by molar-refractivity contribution is 0.270. The van der Waals surface area contributed by atoms with Crippen molar-refractivity contribution in [2.24, 2.45) is 21.6 Å². The first-order valence-electron chi connectivity index (χ1n) is 14.3. The quantitative estimate of drug-likeness (QED) is 0.139. The van der Waals surface area contributed by atoms with E-state index in [1.54, 1.807) is 37.4 Å². The molecule has 43 heavy (non-hydrogen) atoms. The SMILES string of the molecule is C=C/C=C\C(CNCC1CCCN(S(=C)(=O)c2ccc(N=C/C=C(\N=C)Nc3ccc(F)c(C)c3)cc2)C1)=C(C)C.CN. The first-order valence-corrected chi connectivity index (χ1v) is 16.0. The molecular weight excluding hydrogens is 559 g/mol. The van der Waals surface area contributed by atoms with Gasteiger partial charge in [0, 0.05) is 36.4 Å². The first kappa shape index (κ1) is 35.6. The Kier molecular flexibility index (Phi) is 15.0. The summed E-state index contributed by atoms with van der Waals surface area (Å²) in [5.41, 5.74) is 8.99. The molecule has 2 aromatic rings. The van der Waals surface area contributed by atoms with Crippen LogP contribution in [0.5, 0.6) is 0 Å². The van der Waals surface area contributed by atoms with Gasteiger partial charge in [0.25, 0.3) is 0 Å². The molecule has 1 saturated heterocycles. The van der Waals surface area contributed by atoms with Gasteiger partial charge in [0.2, 0.25) is 0 Å². The van der Waals surface area contributed by atoms with Crippen molar-refractivity contribution < 1.29 is 8.60 Å². The summed E-state index contributed by atoms with van der Waals surface area (Å²) in [6, 6.07) is 12.1. The summed E-state index contributed by atoms with van der Waals surface area (Å²) in [5.74, 6) is 4.78. The number of aryl methyl sites for hydroxylation is 1. The fourth-order valence-corrected chi connectivity index (χ4v) is 6.29. The molecule has 0 saturated carbocycles. The maximum absolute atomic E-state index is 13.8. The number of hydrogen-bond donors (Lipinski definition) is 3. The Morgan fingerprint density at radius 1 is 1.21 bits per heavy atom. The van der Waals surface area contributed by atoms with Crippen molar-refractivity contribution in [2.75, 3.05) is 38.5 Å². The predicted molar refractivity (Wildman–Crippen MR) is 186 cm³/mol. The van der Waals surface area contributed by atoms with Crippen LogP contribution >= 0.6 is 0 Å². The zero-order valence-electron chi connectivity index (χ0n) is 26.0. The van der Waals surface area contributed by atoms with Gasteiger partial charge in [0.15, 0.2) is 0 Å². The van der Waals surface area contributed by atoms with Crippen molar-refractivity contribution in [2.45, 2.75) is 38.5 Å². The normalized spacial score (nSPS) is 17.2. The number of benzene rings is 2. The van der Waals surface area contributed by atoms with Crippen LogP contribution in [0, 0.1) is 18.7 Å². The van der Waals surface area contributed by atoms with Gasteiger partial charge in [-0.25, -0.2) is 17.9 Å². The van der Waals surface area contributed by atoms with Gasteiger partial charge in [-0.15, -0.1) is 0 Å². The second-order valence-electron chi connectivity index (χ2n) is 10.4. The van der Waals surface area contributed by atoms with Crippen LogP contribution in [0.1, 0.15) is 32.3 Å². The van der Waals surface area contributed by atoms with Crippen LogP contribution < -0.4 is 16.4 Å². The van der Waals surface area contributed by atoms with Crippen molar-refractivity contribution in [1.82, 2.24) is 9.62 Å². The average molecular weight is 607 g/mol. The van der Waals surface area contributed by atoms with Crippen LogP contribution in [0.2, 0.25) is 0 Å². The molecule has 2 aromatic carbocycles. The highest BCUT2D eigenvalue weighted by atomic mass is 32.2. The summed E-state index contributed by atoms with van der Waals surface area (Å²) in [6.45, 7) is 16.4. The molecule has 232 valence electrons. The van der Waals surface area contributed by atoms with E-state index >= 15 is 0 Å². The molecule has 2 atom stereocenters. The van der Waals surface area contributed by atoms with Gasteiger partial charge in [0.1, 0.15) is 11.6 Å². The zero-order valence-corrected chi connectivity index (χ0v) is 26.8. The lowest BCUT2D eigenvalue weighted by Gasteiger charge is -2.35. The molecule has 0 amide bonds. The van der Waals surface area contributed by atoms with Gasteiger partial charge in [0.05, 0.1) is 15.4 Å². The van der Waals surface area contributed by atoms with Gasteiger partial charge in [-0.3, -0.25) is 4.99 Å². The van der Waals surface area contributed by atoms with E-state index in [1.807, 2.05) is 34.6 Å². The number of piperidine rings is 1. The van der Waals surface area contributed by atoms with Crippen molar-refractivity contribution in [1.29, 1.82) is 0 Å². The Balaban J connectivity index is 0.00000316. The van der Waals surface area contributed by atoms with E-state index in [0.29, 0.717) is 33.6 Å². The zero-order chi connectivity index (χ0) is 31.8. The highest BCUT2D eigenvalue weighted by Gasteiger charge is 2.26. The fraction of sp³-hybridized carbons (Fsp3) is 0.324. The highest BCUT2D eigenvalue weighted by molar-refractivity contribution is 7.98. The molecule has 3 rings (SSSR count). The minimum atomic E-state index is -2.61. The molecule has 9 heteroatoms. The summed E-state index contributed by atoms with van der Waals surface area (Å²) in [6.07, 6.45) is 11.2. The van der Waals surface area contributed by atoms with Crippen LogP contribution in [-0.4, -0.2) is 60.5 Å². The van der Waals surface area contributed by atoms with Crippen LogP contribution in [0.3, 0.4) is 0 Å². The Labute approximate surface area is 258 Å². The molecule has 1 fully saturated rings. The number of anilines is 1. The Morgan fingerprint density at radius 3 is 2.56 bits per heavy atom. The largest absolute Gasteiger partial charge is 0.340 e. The second-order valence-corrected chi connectivity index (χ2v) is 12.6. The molecule has 1 aliphatic heterocycles. The molecule has 0 aliphatic carbocycles. The third-order valence-corrected chi connectivity index (χ3v) is 9.16. The third kappa shape index (κ3) is 11.2. The molecule has 2 unspecified atom stereocenters. The van der Waals surface area contributed by atoms with Crippen LogP contribution in [0.4, 0.5) is 15.8 Å². The van der Waals surface area contributed by atoms with Gasteiger partial charge < -0.3 is 16.4 Å². The van der Waals surface area contributed by atoms with E-state index in [1.165, 1.54) is 24.3 Å². The maximum Gasteiger partial charge on any atom is 0.131 e. The summed E-state index contributed by atoms with van der Waals surface area (Å²) in [5, 5.41) is 6.67. The monoisotopic (exact) mass is 606 g/mol. The van der Waals surface area contributed by atoms with E-state index in [9.17, 15) is 8.60 Å². The van der Waals surface area contributed by atoms with Gasteiger partial charge in [-0.1, -0.05) is 30.4 Å². The number of nitrogens with two attached hydrogens (primary N) is 1. The fourth-order valence-electron chi connectivity index (χ4n) is 4.55. The summed E-state index contributed by atoms with van der Waals surface area (Å²) < 4.78 is 29.4. The number of aliphatic imine (C=N–C) groups is 2. The van der Waals surface area contributed by atoms with E-state index in [-0.39, 0.29) is 5.82 Å². The summed E-state index contributed by atoms with van der Waals surface area (Å²) in [4.78, 5) is 9.12. The molecule has 0 aromatic heterocycles. The lowest BCUT2D eigenvalue weighted by atomic mass is 9.99. The van der Waals surface area contributed by atoms with Crippen molar-refractivity contribution in [3.63, 3.8) is 0 Å². The minimum absolute atomic E-state index is 0.262. The molecule has 0 spiro atoms. The summed E-state index contributed by atoms with van der Waals surface area (Å²) >= 11 is 0. The minimum Gasteiger partial charge on any atom is -0.340 e. The van der Waals surface area contributed by atoms with Gasteiger partial charge in [-0.05, 0) is 125 Å². The van der Waals surface area contributed by atoms with Crippen LogP contribution in [0.25, 0.3) is 0 Å². The van der Waals surface area contributed by atoms with Gasteiger partial charge >= 0.3 is 0 Å². The molecule has 0 radical (unpaired) electrons. The van der Waals surface area contributed by atoms with Crippen molar-refractivity contribution in [3.8, 4) is 0 Å². The smallest absolute Gasteiger partial charge is 0.131 e. The predicted octanol–water partition coefficient (Wildman–Crippen LogP) is 6.44. The molecule has 7 nitrogen and oxygen atoms in total. The Morgan fingerprint density at radius 2 is 1.93 bits per heavy atom. The number of halogens is 1. The number of allylic oxidation sites excluding steroid dienone is 4.